The van der Waals surface area contributed by atoms with Crippen LogP contribution in [-0.2, 0) is 0 Å². The van der Waals surface area contributed by atoms with Crippen LogP contribution in [0.5, 0.6) is 0 Å². The van der Waals surface area contributed by atoms with Gasteiger partial charge >= 0.3 is 0 Å². The molecule has 1 aliphatic rings. The molecule has 134 valence electrons. The molecule has 1 atom stereocenters. The summed E-state index contributed by atoms with van der Waals surface area (Å²) in [6, 6.07) is 9.36. The molecule has 0 radical (unpaired) electrons. The molecule has 0 N–H and O–H groups in total. The van der Waals surface area contributed by atoms with E-state index in [4.69, 9.17) is 9.05 Å². The molecular weight excluding hydrogens is 398 g/mol. The molecule has 1 saturated heterocycles. The molecule has 6 nitrogen and oxygen atoms in total. The van der Waals surface area contributed by atoms with Gasteiger partial charge in [0, 0.05) is 28.2 Å². The van der Waals surface area contributed by atoms with Crippen LogP contribution in [0.2, 0.25) is 0 Å². The van der Waals surface area contributed by atoms with Crippen molar-refractivity contribution in [3.63, 3.8) is 0 Å². The number of nitrogens with zero attached hydrogens (tertiary/aromatic N) is 3. The number of aromatic nitrogens is 2. The van der Waals surface area contributed by atoms with Crippen molar-refractivity contribution < 1.29 is 13.8 Å². The summed E-state index contributed by atoms with van der Waals surface area (Å²) in [6.45, 7) is 4.49. The van der Waals surface area contributed by atoms with E-state index in [2.05, 4.69) is 26.2 Å². The quantitative estimate of drug-likeness (QED) is 0.620. The second kappa shape index (κ2) is 6.72. The highest BCUT2D eigenvalue weighted by molar-refractivity contribution is 9.10. The zero-order valence-electron chi connectivity index (χ0n) is 14.5. The maximum Gasteiger partial charge on any atom is 0.276 e. The fourth-order valence-corrected chi connectivity index (χ4v) is 3.81. The van der Waals surface area contributed by atoms with Gasteiger partial charge in [0.05, 0.1) is 11.7 Å². The minimum absolute atomic E-state index is 0.0263. The van der Waals surface area contributed by atoms with E-state index < -0.39 is 0 Å². The summed E-state index contributed by atoms with van der Waals surface area (Å²) in [7, 11) is 0. The smallest absolute Gasteiger partial charge is 0.276 e. The molecule has 0 aliphatic carbocycles. The van der Waals surface area contributed by atoms with Crippen molar-refractivity contribution in [2.45, 2.75) is 32.7 Å². The summed E-state index contributed by atoms with van der Waals surface area (Å²) >= 11 is 3.41. The Morgan fingerprint density at radius 3 is 2.65 bits per heavy atom. The number of aryl methyl sites for hydroxylation is 2. The lowest BCUT2D eigenvalue weighted by atomic mass is 10.0. The zero-order chi connectivity index (χ0) is 18.3. The number of benzene rings is 1. The van der Waals surface area contributed by atoms with Gasteiger partial charge in [-0.25, -0.2) is 0 Å². The summed E-state index contributed by atoms with van der Waals surface area (Å²) < 4.78 is 11.7. The van der Waals surface area contributed by atoms with E-state index in [9.17, 15) is 4.79 Å². The van der Waals surface area contributed by atoms with Crippen LogP contribution >= 0.6 is 15.9 Å². The van der Waals surface area contributed by atoms with Gasteiger partial charge in [-0.2, -0.15) is 0 Å². The lowest BCUT2D eigenvalue weighted by Crippen LogP contribution is -2.31. The van der Waals surface area contributed by atoms with Crippen LogP contribution in [0.3, 0.4) is 0 Å². The zero-order valence-corrected chi connectivity index (χ0v) is 16.1. The number of hydrogen-bond acceptors (Lipinski definition) is 5. The van der Waals surface area contributed by atoms with Gasteiger partial charge in [-0.3, -0.25) is 4.79 Å². The first kappa shape index (κ1) is 17.0. The fourth-order valence-electron chi connectivity index (χ4n) is 3.55. The first-order valence-corrected chi connectivity index (χ1v) is 9.30. The average Bonchev–Trinajstić information content (AvgIpc) is 3.35. The summed E-state index contributed by atoms with van der Waals surface area (Å²) in [5, 5.41) is 8.03. The van der Waals surface area contributed by atoms with Crippen LogP contribution in [0.1, 0.15) is 46.4 Å². The van der Waals surface area contributed by atoms with Crippen molar-refractivity contribution in [1.82, 2.24) is 15.2 Å². The van der Waals surface area contributed by atoms with Crippen LogP contribution in [0, 0.1) is 13.8 Å². The largest absolute Gasteiger partial charge is 0.361 e. The number of carbonyl (C=O) groups is 1. The lowest BCUT2D eigenvalue weighted by molar-refractivity contribution is 0.0724. The normalized spacial score (nSPS) is 17.0. The van der Waals surface area contributed by atoms with Gasteiger partial charge in [0.1, 0.15) is 5.76 Å². The van der Waals surface area contributed by atoms with Gasteiger partial charge in [0.25, 0.3) is 5.91 Å². The van der Waals surface area contributed by atoms with Crippen LogP contribution < -0.4 is 0 Å². The maximum atomic E-state index is 13.0. The van der Waals surface area contributed by atoms with Crippen molar-refractivity contribution in [3.8, 4) is 11.3 Å². The Balaban J connectivity index is 1.60. The summed E-state index contributed by atoms with van der Waals surface area (Å²) in [6.07, 6.45) is 1.84. The Morgan fingerprint density at radius 1 is 1.19 bits per heavy atom. The Hall–Kier alpha value is -2.41. The predicted molar refractivity (Wildman–Crippen MR) is 98.6 cm³/mol. The molecule has 1 amide bonds. The lowest BCUT2D eigenvalue weighted by Gasteiger charge is -2.23. The van der Waals surface area contributed by atoms with Gasteiger partial charge in [-0.15, -0.1) is 0 Å². The highest BCUT2D eigenvalue weighted by atomic mass is 79.9. The molecular formula is C19H18BrN3O3. The van der Waals surface area contributed by atoms with Crippen molar-refractivity contribution >= 4 is 21.8 Å². The SMILES string of the molecule is Cc1noc(C)c1[C@H]1CCCN1C(=O)c1cc(-c2ccc(Br)cc2)on1. The highest BCUT2D eigenvalue weighted by Gasteiger charge is 2.35. The summed E-state index contributed by atoms with van der Waals surface area (Å²) in [5.41, 5.74) is 3.04. The highest BCUT2D eigenvalue weighted by Crippen LogP contribution is 2.36. The van der Waals surface area contributed by atoms with E-state index in [1.54, 1.807) is 6.07 Å². The number of amides is 1. The molecule has 2 aromatic heterocycles. The van der Waals surface area contributed by atoms with Crippen molar-refractivity contribution in [1.29, 1.82) is 0 Å². The van der Waals surface area contributed by atoms with Gasteiger partial charge in [-0.05, 0) is 38.8 Å². The summed E-state index contributed by atoms with van der Waals surface area (Å²) in [4.78, 5) is 14.9. The standard InChI is InChI=1S/C19H18BrN3O3/c1-11-18(12(2)25-21-11)16-4-3-9-23(16)19(24)15-10-17(26-22-15)13-5-7-14(20)8-6-13/h5-8,10,16H,3-4,9H2,1-2H3/t16-/m1/s1. The van der Waals surface area contributed by atoms with Crippen molar-refractivity contribution in [2.75, 3.05) is 6.54 Å². The number of rotatable bonds is 3. The third-order valence-electron chi connectivity index (χ3n) is 4.79. The molecule has 1 aliphatic heterocycles. The molecule has 3 heterocycles. The summed E-state index contributed by atoms with van der Waals surface area (Å²) in [5.74, 6) is 1.22. The van der Waals surface area contributed by atoms with Crippen LogP contribution in [0.15, 0.2) is 43.9 Å². The van der Waals surface area contributed by atoms with Gasteiger partial charge in [0.2, 0.25) is 0 Å². The number of halogens is 1. The van der Waals surface area contributed by atoms with Crippen LogP contribution in [-0.4, -0.2) is 27.7 Å². The Bertz CT molecular complexity index is 926. The van der Waals surface area contributed by atoms with Gasteiger partial charge < -0.3 is 13.9 Å². The van der Waals surface area contributed by atoms with E-state index in [1.165, 1.54) is 0 Å². The van der Waals surface area contributed by atoms with Crippen LogP contribution in [0.4, 0.5) is 0 Å². The number of likely N-dealkylation sites (tertiary alicyclic amines) is 1. The number of hydrogen-bond donors (Lipinski definition) is 0. The molecule has 4 rings (SSSR count). The van der Waals surface area contributed by atoms with Crippen LogP contribution in [0.25, 0.3) is 11.3 Å². The van der Waals surface area contributed by atoms with E-state index in [0.29, 0.717) is 18.0 Å². The molecule has 3 aromatic rings. The predicted octanol–water partition coefficient (Wildman–Crippen LogP) is 4.69. The molecule has 0 saturated carbocycles. The average molecular weight is 416 g/mol. The maximum absolute atomic E-state index is 13.0. The molecule has 7 heteroatoms. The second-order valence-electron chi connectivity index (χ2n) is 6.48. The van der Waals surface area contributed by atoms with E-state index in [-0.39, 0.29) is 11.9 Å². The molecule has 26 heavy (non-hydrogen) atoms. The van der Waals surface area contributed by atoms with Crippen molar-refractivity contribution in [2.24, 2.45) is 0 Å². The first-order valence-electron chi connectivity index (χ1n) is 8.51. The van der Waals surface area contributed by atoms with E-state index >= 15 is 0 Å². The van der Waals surface area contributed by atoms with E-state index in [0.717, 1.165) is 39.9 Å². The molecule has 0 unspecified atom stereocenters. The molecule has 0 spiro atoms. The fraction of sp³-hybridized carbons (Fsp3) is 0.316. The molecule has 1 fully saturated rings. The van der Waals surface area contributed by atoms with Gasteiger partial charge in [0.15, 0.2) is 11.5 Å². The third-order valence-corrected chi connectivity index (χ3v) is 5.32. The molecule has 1 aromatic carbocycles. The number of carbonyl (C=O) groups excluding carboxylic acids is 1. The second-order valence-corrected chi connectivity index (χ2v) is 7.39. The monoisotopic (exact) mass is 415 g/mol. The minimum atomic E-state index is -0.125. The van der Waals surface area contributed by atoms with Gasteiger partial charge in [-0.1, -0.05) is 38.4 Å². The Morgan fingerprint density at radius 2 is 1.96 bits per heavy atom. The van der Waals surface area contributed by atoms with E-state index in [1.807, 2.05) is 43.0 Å². The van der Waals surface area contributed by atoms with Crippen molar-refractivity contribution in [3.05, 3.63) is 57.5 Å². The Labute approximate surface area is 159 Å². The first-order chi connectivity index (χ1) is 12.5. The minimum Gasteiger partial charge on any atom is -0.361 e. The topological polar surface area (TPSA) is 72.4 Å². The third kappa shape index (κ3) is 2.96. The molecule has 0 bridgehead atoms. The Kier molecular flexibility index (Phi) is 4.40.